The van der Waals surface area contributed by atoms with Gasteiger partial charge in [0.2, 0.25) is 11.4 Å². The van der Waals surface area contributed by atoms with Gasteiger partial charge in [-0.25, -0.2) is 0 Å². The summed E-state index contributed by atoms with van der Waals surface area (Å²) in [5.41, 5.74) is 2.22. The Morgan fingerprint density at radius 1 is 1.04 bits per heavy atom. The molecule has 0 aliphatic rings. The quantitative estimate of drug-likeness (QED) is 0.485. The largest absolute Gasteiger partial charge is 0.494 e. The molecule has 0 spiro atoms. The normalized spacial score (nSPS) is 12.3. The second-order valence-electron chi connectivity index (χ2n) is 6.25. The minimum Gasteiger partial charge on any atom is -0.494 e. The van der Waals surface area contributed by atoms with Crippen LogP contribution in [0.1, 0.15) is 21.9 Å². The van der Waals surface area contributed by atoms with Gasteiger partial charge in [0.1, 0.15) is 0 Å². The molecule has 2 aromatic carbocycles. The van der Waals surface area contributed by atoms with Crippen molar-refractivity contribution in [3.05, 3.63) is 95.6 Å². The van der Waals surface area contributed by atoms with Gasteiger partial charge in [-0.1, -0.05) is 53.3 Å². The van der Waals surface area contributed by atoms with Crippen LogP contribution in [0, 0.1) is 0 Å². The van der Waals surface area contributed by atoms with Crippen LogP contribution >= 0.6 is 22.9 Å². The van der Waals surface area contributed by atoms with E-state index in [-0.39, 0.29) is 22.2 Å². The molecule has 4 rings (SSSR count). The number of aromatic amines is 2. The zero-order valence-corrected chi connectivity index (χ0v) is 15.6. The van der Waals surface area contributed by atoms with Crippen LogP contribution in [0.3, 0.4) is 0 Å². The molecule has 2 aromatic heterocycles. The number of hydrogen-bond acceptors (Lipinski definition) is 4. The third-order valence-electron chi connectivity index (χ3n) is 4.48. The first-order valence-electron chi connectivity index (χ1n) is 8.29. The number of nitrogens with one attached hydrogen (secondary N) is 2. The molecule has 0 saturated carbocycles. The van der Waals surface area contributed by atoms with Gasteiger partial charge < -0.3 is 10.1 Å². The first kappa shape index (κ1) is 17.6. The molecule has 1 unspecified atom stereocenters. The van der Waals surface area contributed by atoms with E-state index in [1.807, 2.05) is 36.4 Å². The van der Waals surface area contributed by atoms with Crippen molar-refractivity contribution in [2.75, 3.05) is 0 Å². The maximum Gasteiger partial charge on any atom is 0.307 e. The molecule has 0 bridgehead atoms. The molecule has 0 radical (unpaired) electrons. The molecule has 5 nitrogen and oxygen atoms in total. The lowest BCUT2D eigenvalue weighted by atomic mass is 9.88. The molecule has 1 atom stereocenters. The van der Waals surface area contributed by atoms with Crippen LogP contribution in [-0.2, 0) is 6.42 Å². The Hall–Kier alpha value is -2.83. The predicted molar refractivity (Wildman–Crippen MR) is 108 cm³/mol. The molecule has 0 saturated heterocycles. The van der Waals surface area contributed by atoms with Gasteiger partial charge in [-0.05, 0) is 35.7 Å². The number of para-hydroxylation sites is 1. The van der Waals surface area contributed by atoms with Crippen molar-refractivity contribution in [3.8, 4) is 5.88 Å². The molecule has 27 heavy (non-hydrogen) atoms. The smallest absolute Gasteiger partial charge is 0.307 e. The fourth-order valence-electron chi connectivity index (χ4n) is 3.29. The number of benzene rings is 2. The monoisotopic (exact) mass is 398 g/mol. The van der Waals surface area contributed by atoms with Crippen molar-refractivity contribution >= 4 is 33.8 Å². The number of fused-ring (bicyclic) bond motifs is 1. The Labute approximate surface area is 162 Å². The summed E-state index contributed by atoms with van der Waals surface area (Å²) in [5.74, 6) is -0.518. The number of thiazole rings is 1. The Bertz CT molecular complexity index is 1220. The lowest BCUT2D eigenvalue weighted by molar-refractivity contribution is 0.447. The first-order valence-corrected chi connectivity index (χ1v) is 9.49. The van der Waals surface area contributed by atoms with Crippen molar-refractivity contribution < 1.29 is 5.11 Å². The van der Waals surface area contributed by atoms with Crippen LogP contribution in [0.2, 0.25) is 5.02 Å². The lowest BCUT2D eigenvalue weighted by Crippen LogP contribution is -2.12. The second-order valence-corrected chi connectivity index (χ2v) is 7.70. The van der Waals surface area contributed by atoms with E-state index in [0.717, 1.165) is 27.8 Å². The van der Waals surface area contributed by atoms with Gasteiger partial charge in [0.05, 0.1) is 4.88 Å². The van der Waals surface area contributed by atoms with E-state index in [1.165, 1.54) is 6.07 Å². The molecule has 0 aliphatic carbocycles. The van der Waals surface area contributed by atoms with Crippen molar-refractivity contribution in [2.24, 2.45) is 0 Å². The standard InChI is InChI=1S/C20H15ClN2O3S/c21-12-7-5-11(6-8-12)9-15(18-19(25)23-20(26)27-18)14-10-17(24)22-16-4-2-1-3-13(14)16/h1-8,10,15,25H,9H2,(H,22,24)(H,23,26). The number of hydrogen-bond donors (Lipinski definition) is 3. The summed E-state index contributed by atoms with van der Waals surface area (Å²) in [6, 6.07) is 16.4. The topological polar surface area (TPSA) is 85.9 Å². The van der Waals surface area contributed by atoms with E-state index in [2.05, 4.69) is 9.97 Å². The minimum atomic E-state index is -0.359. The van der Waals surface area contributed by atoms with Gasteiger partial charge in [-0.2, -0.15) is 0 Å². The van der Waals surface area contributed by atoms with E-state index in [4.69, 9.17) is 11.6 Å². The first-order chi connectivity index (χ1) is 13.0. The van der Waals surface area contributed by atoms with Gasteiger partial charge >= 0.3 is 4.87 Å². The number of halogens is 1. The second kappa shape index (κ2) is 7.06. The number of rotatable bonds is 4. The van der Waals surface area contributed by atoms with Crippen LogP contribution in [-0.4, -0.2) is 15.1 Å². The van der Waals surface area contributed by atoms with E-state index in [1.54, 1.807) is 12.1 Å². The molecule has 2 heterocycles. The highest BCUT2D eigenvalue weighted by atomic mass is 35.5. The van der Waals surface area contributed by atoms with Crippen molar-refractivity contribution in [1.29, 1.82) is 0 Å². The highest BCUT2D eigenvalue weighted by Gasteiger charge is 2.24. The maximum atomic E-state index is 12.2. The molecule has 0 aliphatic heterocycles. The zero-order valence-electron chi connectivity index (χ0n) is 14.0. The molecule has 3 N–H and O–H groups in total. The van der Waals surface area contributed by atoms with Gasteiger partial charge in [0, 0.05) is 27.9 Å². The molecular formula is C20H15ClN2O3S. The summed E-state index contributed by atoms with van der Waals surface area (Å²) in [7, 11) is 0. The van der Waals surface area contributed by atoms with Crippen LogP contribution in [0.5, 0.6) is 5.88 Å². The van der Waals surface area contributed by atoms with Crippen molar-refractivity contribution in [1.82, 2.24) is 9.97 Å². The predicted octanol–water partition coefficient (Wildman–Crippen LogP) is 4.01. The molecular weight excluding hydrogens is 384 g/mol. The molecule has 0 amide bonds. The Balaban J connectivity index is 1.93. The minimum absolute atomic E-state index is 0.159. The number of aromatic nitrogens is 2. The van der Waals surface area contributed by atoms with E-state index in [0.29, 0.717) is 21.8 Å². The average Bonchev–Trinajstić information content (AvgIpc) is 2.98. The highest BCUT2D eigenvalue weighted by Crippen LogP contribution is 2.37. The van der Waals surface area contributed by atoms with Gasteiger partial charge in [0.15, 0.2) is 0 Å². The van der Waals surface area contributed by atoms with Crippen LogP contribution in [0.15, 0.2) is 64.2 Å². The summed E-state index contributed by atoms with van der Waals surface area (Å²) in [4.78, 5) is 29.4. The average molecular weight is 399 g/mol. The van der Waals surface area contributed by atoms with Gasteiger partial charge in [-0.3, -0.25) is 14.6 Å². The lowest BCUT2D eigenvalue weighted by Gasteiger charge is -2.18. The number of H-pyrrole nitrogens is 2. The Morgan fingerprint density at radius 2 is 1.78 bits per heavy atom. The Morgan fingerprint density at radius 3 is 2.48 bits per heavy atom. The van der Waals surface area contributed by atoms with E-state index >= 15 is 0 Å². The highest BCUT2D eigenvalue weighted by molar-refractivity contribution is 7.09. The molecule has 136 valence electrons. The summed E-state index contributed by atoms with van der Waals surface area (Å²) in [6.45, 7) is 0. The SMILES string of the molecule is O=c1cc(C(Cc2ccc(Cl)cc2)c2sc(=O)[nH]c2O)c2ccccc2[nH]1. The number of pyridine rings is 1. The molecule has 4 aromatic rings. The fourth-order valence-corrected chi connectivity index (χ4v) is 4.26. The fraction of sp³-hybridized carbons (Fsp3) is 0.100. The third kappa shape index (κ3) is 3.54. The van der Waals surface area contributed by atoms with Crippen molar-refractivity contribution in [3.63, 3.8) is 0 Å². The summed E-state index contributed by atoms with van der Waals surface area (Å²) in [6.07, 6.45) is 0.506. The molecule has 0 fully saturated rings. The summed E-state index contributed by atoms with van der Waals surface area (Å²) >= 11 is 6.93. The Kier molecular flexibility index (Phi) is 4.59. The summed E-state index contributed by atoms with van der Waals surface area (Å²) in [5, 5.41) is 11.8. The summed E-state index contributed by atoms with van der Waals surface area (Å²) < 4.78 is 0. The number of aromatic hydroxyl groups is 1. The zero-order chi connectivity index (χ0) is 19.0. The van der Waals surface area contributed by atoms with E-state index < -0.39 is 0 Å². The van der Waals surface area contributed by atoms with Crippen molar-refractivity contribution in [2.45, 2.75) is 12.3 Å². The van der Waals surface area contributed by atoms with Crippen LogP contribution in [0.25, 0.3) is 10.9 Å². The van der Waals surface area contributed by atoms with E-state index in [9.17, 15) is 14.7 Å². The van der Waals surface area contributed by atoms with Crippen LogP contribution in [0.4, 0.5) is 0 Å². The van der Waals surface area contributed by atoms with Gasteiger partial charge in [0.25, 0.3) is 0 Å². The van der Waals surface area contributed by atoms with Gasteiger partial charge in [-0.15, -0.1) is 0 Å². The maximum absolute atomic E-state index is 12.2. The molecule has 7 heteroatoms. The van der Waals surface area contributed by atoms with Crippen LogP contribution < -0.4 is 10.4 Å². The third-order valence-corrected chi connectivity index (χ3v) is 5.72.